The third-order valence-corrected chi connectivity index (χ3v) is 14.9. The van der Waals surface area contributed by atoms with E-state index in [9.17, 15) is 0 Å². The maximum absolute atomic E-state index is 5.44. The molecule has 0 unspecified atom stereocenters. The fourth-order valence-corrected chi connectivity index (χ4v) is 10.6. The highest BCUT2D eigenvalue weighted by molar-refractivity contribution is 6.70. The van der Waals surface area contributed by atoms with E-state index in [0.717, 1.165) is 44.6 Å². The van der Waals surface area contributed by atoms with Crippen LogP contribution < -0.4 is 54.6 Å². The van der Waals surface area contributed by atoms with Gasteiger partial charge >= 0.3 is 0 Å². The van der Waals surface area contributed by atoms with Gasteiger partial charge in [-0.1, -0.05) is 119 Å². The molecule has 0 fully saturated rings. The highest BCUT2D eigenvalue weighted by Crippen LogP contribution is 2.41. The molecule has 0 saturated carbocycles. The van der Waals surface area contributed by atoms with Crippen molar-refractivity contribution in [3.8, 4) is 45.5 Å². The van der Waals surface area contributed by atoms with Crippen LogP contribution in [0.5, 0.6) is 0 Å². The first-order valence-electron chi connectivity index (χ1n) is 22.4. The van der Waals surface area contributed by atoms with Crippen molar-refractivity contribution < 1.29 is 0 Å². The first-order valence-corrected chi connectivity index (χ1v) is 22.4. The molecule has 0 aliphatic carbocycles. The number of fused-ring (bicyclic) bond motifs is 7. The van der Waals surface area contributed by atoms with Crippen LogP contribution in [0.25, 0.3) is 99.9 Å². The van der Waals surface area contributed by atoms with Gasteiger partial charge in [-0.2, -0.15) is 0 Å². The molecule has 0 radical (unpaired) electrons. The Morgan fingerprint density at radius 2 is 0.734 bits per heavy atom. The van der Waals surface area contributed by atoms with Crippen LogP contribution >= 0.6 is 0 Å². The second-order valence-electron chi connectivity index (χ2n) is 17.9. The van der Waals surface area contributed by atoms with E-state index in [-0.39, 0.29) is 0 Å². The van der Waals surface area contributed by atoms with Crippen molar-refractivity contribution in [2.24, 2.45) is 0 Å². The fourth-order valence-electron chi connectivity index (χ4n) is 10.6. The summed E-state index contributed by atoms with van der Waals surface area (Å²) in [5.41, 5.74) is 22.5. The normalized spacial score (nSPS) is 11.8. The Labute approximate surface area is 382 Å². The fraction of sp³-hybridized carbons (Fsp3) is 0. The molecule has 0 bridgehead atoms. The minimum atomic E-state index is 0.658. The van der Waals surface area contributed by atoms with Gasteiger partial charge < -0.3 is 9.13 Å². The van der Waals surface area contributed by atoms with Gasteiger partial charge in [0.1, 0.15) is 78.5 Å². The molecule has 0 aliphatic rings. The summed E-state index contributed by atoms with van der Waals surface area (Å²) in [5, 5.41) is 7.22. The highest BCUT2D eigenvalue weighted by atomic mass is 15.1. The van der Waals surface area contributed by atoms with Crippen molar-refractivity contribution in [2.75, 3.05) is 0 Å². The summed E-state index contributed by atoms with van der Waals surface area (Å²) in [6.45, 7) is 0. The van der Waals surface area contributed by atoms with E-state index in [1.165, 1.54) is 92.5 Å². The summed E-state index contributed by atoms with van der Waals surface area (Å²) in [6.07, 6.45) is 0. The number of nitrogens with zero attached hydrogens (tertiary/aromatic N) is 5. The monoisotopic (exact) mass is 809 g/mol. The molecule has 64 heavy (non-hydrogen) atoms. The Bertz CT molecular complexity index is 3670. The van der Waals surface area contributed by atoms with E-state index in [1.54, 1.807) is 0 Å². The molecular formula is C49H41B10N5. The van der Waals surface area contributed by atoms with Crippen LogP contribution in [0, 0.1) is 0 Å². The van der Waals surface area contributed by atoms with Gasteiger partial charge in [-0.05, 0) is 35.7 Å². The van der Waals surface area contributed by atoms with Crippen LogP contribution in [-0.4, -0.2) is 103 Å². The lowest BCUT2D eigenvalue weighted by molar-refractivity contribution is 1.08. The van der Waals surface area contributed by atoms with Crippen LogP contribution in [0.1, 0.15) is 0 Å². The molecule has 11 aromatic rings. The van der Waals surface area contributed by atoms with E-state index in [0.29, 0.717) is 17.5 Å². The molecule has 0 amide bonds. The van der Waals surface area contributed by atoms with Crippen molar-refractivity contribution in [1.29, 1.82) is 0 Å². The Morgan fingerprint density at radius 3 is 1.34 bits per heavy atom. The standard InChI is InChI=1S/C49H41B10N5/c50-36-34(37(51)41(55)44(58)40(36)54)48-60-47(61-49(62-48)35-38(52)42(56)45(59)43(57)39(35)53)23-19-20-27-25-12-3-5-15-30(25)63(33(27)21-23)32-18-8-14-28-26-13-4-6-16-31(26)64(46(28)32)29-17-7-10-22-9-1-2-11-24(22)29/h1-21H,50-59H2. The van der Waals surface area contributed by atoms with Crippen molar-refractivity contribution in [1.82, 2.24) is 24.1 Å². The quantitative estimate of drug-likeness (QED) is 0.164. The van der Waals surface area contributed by atoms with Crippen LogP contribution in [-0.2, 0) is 0 Å². The molecule has 3 aromatic heterocycles. The van der Waals surface area contributed by atoms with E-state index >= 15 is 0 Å². The van der Waals surface area contributed by atoms with E-state index in [4.69, 9.17) is 15.0 Å². The molecule has 11 rings (SSSR count). The number of aromatic nitrogens is 5. The number of hydrogen-bond donors (Lipinski definition) is 0. The molecular weight excluding hydrogens is 767 g/mol. The van der Waals surface area contributed by atoms with Crippen molar-refractivity contribution >= 4 is 187 Å². The van der Waals surface area contributed by atoms with Gasteiger partial charge in [0.2, 0.25) is 0 Å². The zero-order valence-corrected chi connectivity index (χ0v) is 38.4. The second kappa shape index (κ2) is 14.9. The lowest BCUT2D eigenvalue weighted by atomic mass is 9.60. The molecule has 0 aliphatic heterocycles. The zero-order chi connectivity index (χ0) is 44.3. The van der Waals surface area contributed by atoms with Crippen molar-refractivity contribution in [2.45, 2.75) is 0 Å². The number of benzene rings is 8. The van der Waals surface area contributed by atoms with Crippen molar-refractivity contribution in [3.05, 3.63) is 127 Å². The maximum atomic E-state index is 5.44. The number of rotatable bonds is 5. The Morgan fingerprint density at radius 1 is 0.312 bits per heavy atom. The third-order valence-electron chi connectivity index (χ3n) is 14.9. The summed E-state index contributed by atoms with van der Waals surface area (Å²) in [4.78, 5) is 16.3. The first-order chi connectivity index (χ1) is 30.9. The molecule has 8 aromatic carbocycles. The van der Waals surface area contributed by atoms with Crippen LogP contribution in [0.15, 0.2) is 127 Å². The Kier molecular flexibility index (Phi) is 9.36. The molecule has 3 heterocycles. The lowest BCUT2D eigenvalue weighted by Gasteiger charge is -2.22. The van der Waals surface area contributed by atoms with Crippen molar-refractivity contribution in [3.63, 3.8) is 0 Å². The third kappa shape index (κ3) is 5.82. The highest BCUT2D eigenvalue weighted by Gasteiger charge is 2.24. The molecule has 0 atom stereocenters. The minimum absolute atomic E-state index is 0.658. The van der Waals surface area contributed by atoms with Gasteiger partial charge in [-0.15, -0.1) is 32.8 Å². The first kappa shape index (κ1) is 40.1. The molecule has 0 spiro atoms. The molecule has 15 heteroatoms. The van der Waals surface area contributed by atoms with Gasteiger partial charge in [0.15, 0.2) is 17.5 Å². The largest absolute Gasteiger partial charge is 0.307 e. The smallest absolute Gasteiger partial charge is 0.164 e. The van der Waals surface area contributed by atoms with Gasteiger partial charge in [0, 0.05) is 43.6 Å². The number of para-hydroxylation sites is 3. The zero-order valence-electron chi connectivity index (χ0n) is 38.4. The van der Waals surface area contributed by atoms with Crippen LogP contribution in [0.3, 0.4) is 0 Å². The van der Waals surface area contributed by atoms with E-state index in [2.05, 4.69) is 215 Å². The van der Waals surface area contributed by atoms with E-state index < -0.39 is 0 Å². The van der Waals surface area contributed by atoms with Gasteiger partial charge in [-0.25, -0.2) is 15.0 Å². The molecule has 0 saturated heterocycles. The Hall–Kier alpha value is -6.72. The van der Waals surface area contributed by atoms with Gasteiger partial charge in [0.05, 0.1) is 33.4 Å². The number of hydrogen-bond acceptors (Lipinski definition) is 3. The molecule has 0 N–H and O–H groups in total. The summed E-state index contributed by atoms with van der Waals surface area (Å²) in [7, 11) is 22.2. The minimum Gasteiger partial charge on any atom is -0.307 e. The summed E-state index contributed by atoms with van der Waals surface area (Å²) in [6, 6.07) is 46.5. The molecule has 5 nitrogen and oxygen atoms in total. The van der Waals surface area contributed by atoms with Crippen LogP contribution in [0.2, 0.25) is 0 Å². The summed E-state index contributed by atoms with van der Waals surface area (Å²) in [5.74, 6) is 2.08. The Balaban J connectivity index is 1.23. The van der Waals surface area contributed by atoms with Gasteiger partial charge in [-0.3, -0.25) is 0 Å². The topological polar surface area (TPSA) is 48.5 Å². The summed E-state index contributed by atoms with van der Waals surface area (Å²) < 4.78 is 4.94. The van der Waals surface area contributed by atoms with Crippen LogP contribution in [0.4, 0.5) is 0 Å². The SMILES string of the molecule is Bc1c(B)c(B)c(-c2nc(-c3ccc4c5ccccc5n(-c5cccc6c7ccccc7n(-c7cccc8ccccc78)c56)c4c3)nc(-c3c(B)c(B)c(B)c(B)c3B)n2)c(B)c1B. The van der Waals surface area contributed by atoms with Gasteiger partial charge in [0.25, 0.3) is 0 Å². The predicted molar refractivity (Wildman–Crippen MR) is 304 cm³/mol. The lowest BCUT2D eigenvalue weighted by Crippen LogP contribution is -2.55. The average Bonchev–Trinajstić information content (AvgIpc) is 3.84. The second-order valence-corrected chi connectivity index (χ2v) is 17.9. The molecule has 292 valence electrons. The predicted octanol–water partition coefficient (Wildman–Crippen LogP) is -5.20. The maximum Gasteiger partial charge on any atom is 0.164 e. The average molecular weight is 808 g/mol. The van der Waals surface area contributed by atoms with E-state index in [1.807, 2.05) is 0 Å². The summed E-state index contributed by atoms with van der Waals surface area (Å²) >= 11 is 0.